The fourth-order valence-electron chi connectivity index (χ4n) is 3.48. The zero-order chi connectivity index (χ0) is 17.9. The Hall–Kier alpha value is -2.76. The number of nitrogens with zero attached hydrogens (tertiary/aromatic N) is 2. The minimum absolute atomic E-state index is 0.227. The Kier molecular flexibility index (Phi) is 4.65. The molecule has 6 heteroatoms. The quantitative estimate of drug-likeness (QED) is 0.867. The van der Waals surface area contributed by atoms with Gasteiger partial charge >= 0.3 is 0 Å². The van der Waals surface area contributed by atoms with Gasteiger partial charge in [0.1, 0.15) is 5.69 Å². The van der Waals surface area contributed by atoms with E-state index in [1.165, 1.54) is 19.0 Å². The zero-order valence-electron chi connectivity index (χ0n) is 14.6. The first-order chi connectivity index (χ1) is 12.7. The van der Waals surface area contributed by atoms with E-state index in [0.717, 1.165) is 36.9 Å². The van der Waals surface area contributed by atoms with Crippen LogP contribution in [-0.2, 0) is 0 Å². The van der Waals surface area contributed by atoms with Crippen LogP contribution in [0.2, 0.25) is 0 Å². The molecule has 2 fully saturated rings. The van der Waals surface area contributed by atoms with Gasteiger partial charge in [-0.05, 0) is 55.4 Å². The van der Waals surface area contributed by atoms with Crippen LogP contribution in [0.4, 0.5) is 5.69 Å². The molecule has 0 aromatic carbocycles. The number of aromatic nitrogens is 2. The molecule has 2 saturated carbocycles. The van der Waals surface area contributed by atoms with Crippen molar-refractivity contribution in [1.29, 1.82) is 0 Å². The van der Waals surface area contributed by atoms with E-state index in [1.54, 1.807) is 24.5 Å². The normalized spacial score (nSPS) is 17.1. The maximum absolute atomic E-state index is 12.7. The van der Waals surface area contributed by atoms with Gasteiger partial charge < -0.3 is 10.6 Å². The zero-order valence-corrected chi connectivity index (χ0v) is 14.6. The largest absolute Gasteiger partial charge is 0.348 e. The third kappa shape index (κ3) is 3.74. The van der Waals surface area contributed by atoms with Crippen LogP contribution in [0.25, 0.3) is 0 Å². The molecular weight excluding hydrogens is 328 g/mol. The number of rotatable bonds is 5. The number of nitrogens with one attached hydrogen (secondary N) is 2. The summed E-state index contributed by atoms with van der Waals surface area (Å²) >= 11 is 0. The second-order valence-electron chi connectivity index (χ2n) is 7.08. The summed E-state index contributed by atoms with van der Waals surface area (Å²) in [6.45, 7) is 0. The summed E-state index contributed by atoms with van der Waals surface area (Å²) in [6, 6.07) is 5.41. The summed E-state index contributed by atoms with van der Waals surface area (Å²) < 4.78 is 0. The maximum atomic E-state index is 12.7. The SMILES string of the molecule is O=C(Nc1cnccc1C1CCCC1)c1ccnc(C(=O)NC2CC2)c1. The summed E-state index contributed by atoms with van der Waals surface area (Å²) in [5, 5.41) is 5.85. The Morgan fingerprint density at radius 2 is 1.81 bits per heavy atom. The third-order valence-electron chi connectivity index (χ3n) is 5.07. The summed E-state index contributed by atoms with van der Waals surface area (Å²) in [5.41, 5.74) is 2.59. The monoisotopic (exact) mass is 350 g/mol. The van der Waals surface area contributed by atoms with Crippen molar-refractivity contribution in [2.24, 2.45) is 0 Å². The highest BCUT2D eigenvalue weighted by Gasteiger charge is 2.25. The first-order valence-corrected chi connectivity index (χ1v) is 9.23. The predicted molar refractivity (Wildman–Crippen MR) is 98.1 cm³/mol. The van der Waals surface area contributed by atoms with Crippen LogP contribution < -0.4 is 10.6 Å². The van der Waals surface area contributed by atoms with Gasteiger partial charge in [0.2, 0.25) is 0 Å². The molecule has 2 aliphatic rings. The summed E-state index contributed by atoms with van der Waals surface area (Å²) in [6.07, 6.45) is 11.7. The molecule has 0 unspecified atom stereocenters. The number of carbonyl (C=O) groups is 2. The molecule has 2 aromatic heterocycles. The average molecular weight is 350 g/mol. The molecule has 26 heavy (non-hydrogen) atoms. The van der Waals surface area contributed by atoms with Crippen molar-refractivity contribution >= 4 is 17.5 Å². The van der Waals surface area contributed by atoms with Crippen LogP contribution in [0.1, 0.15) is 70.9 Å². The average Bonchev–Trinajstić information content (AvgIpc) is 3.31. The number of carbonyl (C=O) groups excluding carboxylic acids is 2. The van der Waals surface area contributed by atoms with E-state index in [4.69, 9.17) is 0 Å². The van der Waals surface area contributed by atoms with Crippen LogP contribution in [0.3, 0.4) is 0 Å². The van der Waals surface area contributed by atoms with E-state index in [2.05, 4.69) is 20.6 Å². The first kappa shape index (κ1) is 16.7. The highest BCUT2D eigenvalue weighted by Crippen LogP contribution is 2.37. The highest BCUT2D eigenvalue weighted by atomic mass is 16.2. The van der Waals surface area contributed by atoms with Crippen molar-refractivity contribution in [2.45, 2.75) is 50.5 Å². The van der Waals surface area contributed by atoms with Gasteiger partial charge in [0, 0.05) is 24.0 Å². The van der Waals surface area contributed by atoms with Gasteiger partial charge in [0.15, 0.2) is 0 Å². The number of amides is 2. The molecule has 2 aliphatic carbocycles. The third-order valence-corrected chi connectivity index (χ3v) is 5.07. The smallest absolute Gasteiger partial charge is 0.270 e. The minimum atomic E-state index is -0.250. The van der Waals surface area contributed by atoms with E-state index in [-0.39, 0.29) is 23.6 Å². The van der Waals surface area contributed by atoms with E-state index < -0.39 is 0 Å². The Labute approximate surface area is 152 Å². The fourth-order valence-corrected chi connectivity index (χ4v) is 3.48. The molecule has 0 spiro atoms. The van der Waals surface area contributed by atoms with Crippen LogP contribution in [-0.4, -0.2) is 27.8 Å². The summed E-state index contributed by atoms with van der Waals surface area (Å²) in [4.78, 5) is 33.1. The molecule has 0 bridgehead atoms. The van der Waals surface area contributed by atoms with Gasteiger partial charge in [0.05, 0.1) is 11.9 Å². The van der Waals surface area contributed by atoms with Crippen molar-refractivity contribution in [3.8, 4) is 0 Å². The lowest BCUT2D eigenvalue weighted by Gasteiger charge is -2.15. The first-order valence-electron chi connectivity index (χ1n) is 9.23. The lowest BCUT2D eigenvalue weighted by atomic mass is 9.97. The molecule has 6 nitrogen and oxygen atoms in total. The number of anilines is 1. The lowest BCUT2D eigenvalue weighted by Crippen LogP contribution is -2.26. The molecule has 0 atom stereocenters. The summed E-state index contributed by atoms with van der Waals surface area (Å²) in [7, 11) is 0. The van der Waals surface area contributed by atoms with Gasteiger partial charge in [-0.1, -0.05) is 12.8 Å². The van der Waals surface area contributed by atoms with E-state index in [0.29, 0.717) is 11.5 Å². The van der Waals surface area contributed by atoms with Gasteiger partial charge in [-0.25, -0.2) is 0 Å². The second-order valence-corrected chi connectivity index (χ2v) is 7.08. The molecule has 0 aliphatic heterocycles. The second kappa shape index (κ2) is 7.23. The number of hydrogen-bond donors (Lipinski definition) is 2. The highest BCUT2D eigenvalue weighted by molar-refractivity contribution is 6.06. The number of hydrogen-bond acceptors (Lipinski definition) is 4. The van der Waals surface area contributed by atoms with E-state index >= 15 is 0 Å². The summed E-state index contributed by atoms with van der Waals surface area (Å²) in [5.74, 6) is 0.000844. The van der Waals surface area contributed by atoms with Gasteiger partial charge in [-0.2, -0.15) is 0 Å². The van der Waals surface area contributed by atoms with Crippen LogP contribution in [0, 0.1) is 0 Å². The fraction of sp³-hybridized carbons (Fsp3) is 0.400. The predicted octanol–water partition coefficient (Wildman–Crippen LogP) is 3.28. The van der Waals surface area contributed by atoms with Crippen molar-refractivity contribution < 1.29 is 9.59 Å². The minimum Gasteiger partial charge on any atom is -0.348 e. The van der Waals surface area contributed by atoms with Gasteiger partial charge in [-0.15, -0.1) is 0 Å². The Balaban J connectivity index is 1.51. The molecule has 0 saturated heterocycles. The molecule has 2 aromatic rings. The van der Waals surface area contributed by atoms with Crippen LogP contribution in [0.15, 0.2) is 36.8 Å². The van der Waals surface area contributed by atoms with Crippen molar-refractivity contribution in [2.75, 3.05) is 5.32 Å². The molecule has 134 valence electrons. The topological polar surface area (TPSA) is 84.0 Å². The Bertz CT molecular complexity index is 826. The van der Waals surface area contributed by atoms with E-state index in [9.17, 15) is 9.59 Å². The van der Waals surface area contributed by atoms with Crippen LogP contribution in [0.5, 0.6) is 0 Å². The number of pyridine rings is 2. The van der Waals surface area contributed by atoms with Gasteiger partial charge in [-0.3, -0.25) is 19.6 Å². The Morgan fingerprint density at radius 1 is 1.00 bits per heavy atom. The lowest BCUT2D eigenvalue weighted by molar-refractivity contribution is 0.0946. The molecule has 2 N–H and O–H groups in total. The Morgan fingerprint density at radius 3 is 2.58 bits per heavy atom. The van der Waals surface area contributed by atoms with Crippen molar-refractivity contribution in [1.82, 2.24) is 15.3 Å². The van der Waals surface area contributed by atoms with Crippen LogP contribution >= 0.6 is 0 Å². The standard InChI is InChI=1S/C20H22N4O2/c25-19(14-7-10-22-17(11-14)20(26)23-15-5-6-15)24-18-12-21-9-8-16(18)13-3-1-2-4-13/h7-13,15H,1-6H2,(H,23,26)(H,24,25). The maximum Gasteiger partial charge on any atom is 0.270 e. The van der Waals surface area contributed by atoms with Gasteiger partial charge in [0.25, 0.3) is 11.8 Å². The van der Waals surface area contributed by atoms with Crippen molar-refractivity contribution in [3.05, 3.63) is 53.6 Å². The molecule has 2 heterocycles. The molecule has 2 amide bonds. The van der Waals surface area contributed by atoms with Crippen molar-refractivity contribution in [3.63, 3.8) is 0 Å². The molecule has 0 radical (unpaired) electrons. The molecule has 4 rings (SSSR count). The van der Waals surface area contributed by atoms with E-state index in [1.807, 2.05) is 6.07 Å². The molecular formula is C20H22N4O2.